The van der Waals surface area contributed by atoms with Crippen molar-refractivity contribution >= 4 is 35.6 Å². The number of pyridine rings is 1. The van der Waals surface area contributed by atoms with Gasteiger partial charge in [-0.3, -0.25) is 24.3 Å². The smallest absolute Gasteiger partial charge is 0.371 e. The lowest BCUT2D eigenvalue weighted by Gasteiger charge is -2.18. The number of imidazole rings is 1. The highest BCUT2D eigenvalue weighted by atomic mass is 19.4. The van der Waals surface area contributed by atoms with Crippen LogP contribution in [0.25, 0.3) is 5.70 Å². The summed E-state index contributed by atoms with van der Waals surface area (Å²) in [5, 5.41) is 9.48. The van der Waals surface area contributed by atoms with Crippen molar-refractivity contribution in [1.82, 2.24) is 29.9 Å². The van der Waals surface area contributed by atoms with E-state index in [0.29, 0.717) is 29.1 Å². The van der Waals surface area contributed by atoms with E-state index in [1.807, 2.05) is 0 Å². The number of rotatable bonds is 8. The molecule has 0 saturated heterocycles. The summed E-state index contributed by atoms with van der Waals surface area (Å²) in [6.07, 6.45) is 2.90. The van der Waals surface area contributed by atoms with Crippen LogP contribution < -0.4 is 10.6 Å². The molecule has 15 heteroatoms. The second-order valence-corrected chi connectivity index (χ2v) is 8.71. The van der Waals surface area contributed by atoms with Gasteiger partial charge in [0.05, 0.1) is 12.9 Å². The van der Waals surface area contributed by atoms with E-state index in [2.05, 4.69) is 36.6 Å². The van der Waals surface area contributed by atoms with E-state index in [-0.39, 0.29) is 23.8 Å². The largest absolute Gasteiger partial charge is 0.433 e. The zero-order valence-corrected chi connectivity index (χ0v) is 21.9. The molecule has 212 valence electrons. The molecule has 1 aliphatic heterocycles. The molecule has 4 heterocycles. The van der Waals surface area contributed by atoms with E-state index in [1.54, 1.807) is 31.2 Å². The number of imide groups is 1. The molecular weight excluding hydrogens is 545 g/mol. The van der Waals surface area contributed by atoms with Gasteiger partial charge in [0, 0.05) is 36.4 Å². The van der Waals surface area contributed by atoms with Crippen molar-refractivity contribution in [2.45, 2.75) is 32.6 Å². The Morgan fingerprint density at radius 3 is 2.71 bits per heavy atom. The van der Waals surface area contributed by atoms with Crippen LogP contribution in [-0.2, 0) is 22.3 Å². The van der Waals surface area contributed by atoms with Gasteiger partial charge in [-0.1, -0.05) is 11.2 Å². The van der Waals surface area contributed by atoms with E-state index in [4.69, 9.17) is 4.52 Å². The quantitative estimate of drug-likeness (QED) is 0.309. The van der Waals surface area contributed by atoms with Crippen molar-refractivity contribution in [2.24, 2.45) is 4.99 Å². The van der Waals surface area contributed by atoms with Gasteiger partial charge in [-0.05, 0) is 38.1 Å². The summed E-state index contributed by atoms with van der Waals surface area (Å²) in [6.45, 7) is 3.00. The number of aromatic nitrogens is 4. The summed E-state index contributed by atoms with van der Waals surface area (Å²) in [4.78, 5) is 50.3. The number of alkyl halides is 3. The van der Waals surface area contributed by atoms with Crippen LogP contribution in [0.3, 0.4) is 0 Å². The maximum atomic E-state index is 13.3. The zero-order valence-electron chi connectivity index (χ0n) is 21.9. The minimum absolute atomic E-state index is 0.0563. The number of allylic oxidation sites excluding steroid dienone is 3. The van der Waals surface area contributed by atoms with Crippen LogP contribution in [0, 0.1) is 6.92 Å². The Labute approximate surface area is 231 Å². The fraction of sp³-hybridized carbons (Fsp3) is 0.231. The van der Waals surface area contributed by atoms with Crippen molar-refractivity contribution in [3.8, 4) is 0 Å². The highest BCUT2D eigenvalue weighted by Crippen LogP contribution is 2.28. The number of hydrogen-bond acceptors (Lipinski definition) is 9. The molecule has 0 spiro atoms. The number of carbonyl (C=O) groups excluding carboxylic acids is 3. The maximum absolute atomic E-state index is 13.3. The van der Waals surface area contributed by atoms with Gasteiger partial charge in [0.2, 0.25) is 6.41 Å². The first-order chi connectivity index (χ1) is 19.5. The third kappa shape index (κ3) is 6.47. The fourth-order valence-corrected chi connectivity index (χ4v) is 3.76. The van der Waals surface area contributed by atoms with E-state index in [0.717, 1.165) is 17.2 Å². The summed E-state index contributed by atoms with van der Waals surface area (Å²) >= 11 is 0. The molecule has 0 fully saturated rings. The molecule has 0 bridgehead atoms. The van der Waals surface area contributed by atoms with Gasteiger partial charge in [0.25, 0.3) is 11.8 Å². The minimum Gasteiger partial charge on any atom is -0.371 e. The van der Waals surface area contributed by atoms with Crippen molar-refractivity contribution in [3.63, 3.8) is 0 Å². The molecule has 0 aromatic carbocycles. The van der Waals surface area contributed by atoms with E-state index >= 15 is 0 Å². The predicted octanol–water partition coefficient (Wildman–Crippen LogP) is 3.28. The lowest BCUT2D eigenvalue weighted by atomic mass is 10.1. The first-order valence-corrected chi connectivity index (χ1v) is 12.0. The molecule has 1 atom stereocenters. The summed E-state index contributed by atoms with van der Waals surface area (Å²) in [6, 6.07) is 2.68. The lowest BCUT2D eigenvalue weighted by molar-refractivity contribution is -0.141. The molecule has 12 nitrogen and oxygen atoms in total. The minimum atomic E-state index is -4.56. The third-order valence-corrected chi connectivity index (χ3v) is 5.85. The number of nitrogens with one attached hydrogen (secondary N) is 2. The van der Waals surface area contributed by atoms with Crippen molar-refractivity contribution in [1.29, 1.82) is 0 Å². The van der Waals surface area contributed by atoms with Crippen LogP contribution >= 0.6 is 0 Å². The normalized spacial score (nSPS) is 13.5. The van der Waals surface area contributed by atoms with Crippen molar-refractivity contribution < 1.29 is 32.1 Å². The van der Waals surface area contributed by atoms with E-state index < -0.39 is 29.7 Å². The van der Waals surface area contributed by atoms with Gasteiger partial charge in [0.1, 0.15) is 28.9 Å². The third-order valence-electron chi connectivity index (χ3n) is 5.85. The molecule has 1 aliphatic rings. The Morgan fingerprint density at radius 2 is 2.10 bits per heavy atom. The highest BCUT2D eigenvalue weighted by Gasteiger charge is 2.32. The van der Waals surface area contributed by atoms with Gasteiger partial charge in [-0.2, -0.15) is 18.2 Å². The Morgan fingerprint density at radius 1 is 1.32 bits per heavy atom. The van der Waals surface area contributed by atoms with E-state index in [1.165, 1.54) is 30.9 Å². The molecule has 3 aromatic heterocycles. The first kappa shape index (κ1) is 28.7. The lowest BCUT2D eigenvalue weighted by Crippen LogP contribution is -2.32. The van der Waals surface area contributed by atoms with Gasteiger partial charge in [-0.25, -0.2) is 4.98 Å². The van der Waals surface area contributed by atoms with Gasteiger partial charge in [0.15, 0.2) is 11.5 Å². The molecule has 0 saturated carbocycles. The highest BCUT2D eigenvalue weighted by molar-refractivity contribution is 6.02. The van der Waals surface area contributed by atoms with Crippen molar-refractivity contribution in [3.05, 3.63) is 83.1 Å². The van der Waals surface area contributed by atoms with Crippen LogP contribution in [0.2, 0.25) is 0 Å². The Hall–Kier alpha value is -5.30. The fourth-order valence-electron chi connectivity index (χ4n) is 3.76. The molecule has 3 amide bonds. The summed E-state index contributed by atoms with van der Waals surface area (Å²) in [7, 11) is 1.53. The summed E-state index contributed by atoms with van der Waals surface area (Å²) < 4.78 is 44.7. The Kier molecular flexibility index (Phi) is 8.29. The number of aryl methyl sites for hydroxylation is 1. The molecule has 0 aliphatic carbocycles. The first-order valence-electron chi connectivity index (χ1n) is 12.0. The number of carbonyl (C=O) groups is 3. The molecule has 41 heavy (non-hydrogen) atoms. The van der Waals surface area contributed by atoms with Crippen LogP contribution in [0.1, 0.15) is 46.2 Å². The standard InChI is InChI=1S/C26H23F3N8O4/c1-15-9-19(35-41-15)12-36(14-38)25(40)22-23(30-3)33-13-37(22)16(2)24(39)32-11-18-5-4-6-20(34-18)17-7-8-21(31-10-17)26(27,28)29/h4-10,13-14,16,30,34H,12H2,1-3H3/t16-/m0/s1. The molecular formula is C26H23F3N8O4. The number of hydrogen-bond donors (Lipinski definition) is 2. The Balaban J connectivity index is 1.52. The van der Waals surface area contributed by atoms with Crippen LogP contribution in [0.5, 0.6) is 0 Å². The predicted molar refractivity (Wildman–Crippen MR) is 139 cm³/mol. The van der Waals surface area contributed by atoms with Crippen LogP contribution in [-0.4, -0.2) is 55.7 Å². The molecule has 4 rings (SSSR count). The molecule has 0 radical (unpaired) electrons. The Bertz CT molecular complexity index is 1590. The monoisotopic (exact) mass is 568 g/mol. The number of nitrogens with zero attached hydrogens (tertiary/aromatic N) is 6. The molecule has 3 aromatic rings. The SMILES string of the molecule is CNc1ncn([C@@H](C)C(=O)N=C=C2C=CC=C(c3ccc(C(F)(F)F)nc3)N2)c1C(=O)N(C=O)Cc1cc(C)on1. The summed E-state index contributed by atoms with van der Waals surface area (Å²) in [5.74, 6) is 1.79. The van der Waals surface area contributed by atoms with Crippen LogP contribution in [0.4, 0.5) is 19.0 Å². The number of anilines is 1. The van der Waals surface area contributed by atoms with Crippen LogP contribution in [0.15, 0.2) is 64.2 Å². The molecule has 0 unspecified atom stereocenters. The summed E-state index contributed by atoms with van der Waals surface area (Å²) in [5.41, 5.74) is 0.338. The average molecular weight is 569 g/mol. The van der Waals surface area contributed by atoms with Crippen molar-refractivity contribution in [2.75, 3.05) is 12.4 Å². The number of amides is 3. The van der Waals surface area contributed by atoms with Gasteiger partial charge in [-0.15, -0.1) is 0 Å². The molecule has 2 N–H and O–H groups in total. The van der Waals surface area contributed by atoms with Gasteiger partial charge >= 0.3 is 6.18 Å². The second-order valence-electron chi connectivity index (χ2n) is 8.71. The van der Waals surface area contributed by atoms with Gasteiger partial charge < -0.3 is 19.7 Å². The maximum Gasteiger partial charge on any atom is 0.433 e. The average Bonchev–Trinajstić information content (AvgIpc) is 3.59. The number of halogens is 3. The van der Waals surface area contributed by atoms with E-state index in [9.17, 15) is 27.6 Å². The number of dihydropyridines is 1. The number of aliphatic imine (C=N–C) groups is 1. The second kappa shape index (κ2) is 11.8. The zero-order chi connectivity index (χ0) is 29.7. The topological polar surface area (TPSA) is 148 Å².